The molecule has 0 amide bonds. The van der Waals surface area contributed by atoms with Crippen LogP contribution in [0.3, 0.4) is 0 Å². The van der Waals surface area contributed by atoms with Crippen molar-refractivity contribution in [1.82, 2.24) is 4.90 Å². The predicted octanol–water partition coefficient (Wildman–Crippen LogP) is 3.90. The number of carbonyl (C=O) groups excluding carboxylic acids is 2. The van der Waals surface area contributed by atoms with Gasteiger partial charge < -0.3 is 28.4 Å². The summed E-state index contributed by atoms with van der Waals surface area (Å²) in [5.74, 6) is 1.16. The van der Waals surface area contributed by atoms with Gasteiger partial charge in [0.15, 0.2) is 36.2 Å². The molecule has 37 heavy (non-hydrogen) atoms. The molecule has 0 aliphatic carbocycles. The largest absolute Gasteiger partial charge is 0.493 e. The third kappa shape index (κ3) is 5.72. The van der Waals surface area contributed by atoms with Gasteiger partial charge in [0.25, 0.3) is 0 Å². The average Bonchev–Trinajstić information content (AvgIpc) is 2.90. The number of halogens is 1. The van der Waals surface area contributed by atoms with E-state index in [0.29, 0.717) is 41.0 Å². The van der Waals surface area contributed by atoms with Crippen molar-refractivity contribution in [3.8, 4) is 23.0 Å². The smallest absolute Gasteiger partial charge is 0.344 e. The van der Waals surface area contributed by atoms with Gasteiger partial charge in [-0.1, -0.05) is 11.6 Å². The van der Waals surface area contributed by atoms with Gasteiger partial charge in [-0.25, -0.2) is 9.59 Å². The molecule has 2 aromatic rings. The van der Waals surface area contributed by atoms with Gasteiger partial charge in [-0.3, -0.25) is 4.90 Å². The number of ether oxygens (including phenoxy) is 6. The zero-order valence-electron chi connectivity index (χ0n) is 21.6. The van der Waals surface area contributed by atoms with Crippen molar-refractivity contribution in [2.24, 2.45) is 0 Å². The van der Waals surface area contributed by atoms with Crippen LogP contribution in [0.15, 0.2) is 18.2 Å². The summed E-state index contributed by atoms with van der Waals surface area (Å²) < 4.78 is 32.8. The molecule has 0 fully saturated rings. The molecule has 2 heterocycles. The van der Waals surface area contributed by atoms with Crippen LogP contribution in [0.2, 0.25) is 5.02 Å². The molecule has 2 aliphatic heterocycles. The van der Waals surface area contributed by atoms with Crippen molar-refractivity contribution in [2.75, 3.05) is 47.2 Å². The molecule has 1 unspecified atom stereocenters. The van der Waals surface area contributed by atoms with Crippen LogP contribution in [0.4, 0.5) is 0 Å². The maximum atomic E-state index is 12.0. The third-order valence-electron chi connectivity index (χ3n) is 6.57. The van der Waals surface area contributed by atoms with Crippen LogP contribution in [0.5, 0.6) is 23.0 Å². The number of nitrogens with zero attached hydrogens (tertiary/aromatic N) is 1. The van der Waals surface area contributed by atoms with E-state index < -0.39 is 11.9 Å². The SMILES string of the molecule is CCOC(=O)COc1cc2c(cc1OC)CCN1Cc3c(c(Cl)cc(OC)c3OCC(=O)OCC)CC21. The summed E-state index contributed by atoms with van der Waals surface area (Å²) in [4.78, 5) is 26.2. The molecule has 0 spiro atoms. The van der Waals surface area contributed by atoms with Gasteiger partial charge in [-0.05, 0) is 55.5 Å². The van der Waals surface area contributed by atoms with Crippen molar-refractivity contribution in [2.45, 2.75) is 39.3 Å². The standard InChI is InChI=1S/C27H32ClNO8/c1-5-34-25(30)14-36-23-11-17-16(9-22(23)32-3)7-8-29-13-19-18(10-21(17)29)20(28)12-24(33-4)27(19)37-15-26(31)35-6-2/h9,11-12,21H,5-8,10,13-15H2,1-4H3. The second-order valence-electron chi connectivity index (χ2n) is 8.68. The van der Waals surface area contributed by atoms with Crippen molar-refractivity contribution < 1.29 is 38.0 Å². The zero-order valence-corrected chi connectivity index (χ0v) is 22.3. The number of rotatable bonds is 10. The fourth-order valence-electron chi connectivity index (χ4n) is 4.93. The van der Waals surface area contributed by atoms with Crippen LogP contribution >= 0.6 is 11.6 Å². The van der Waals surface area contributed by atoms with E-state index in [1.165, 1.54) is 0 Å². The Morgan fingerprint density at radius 3 is 2.24 bits per heavy atom. The van der Waals surface area contributed by atoms with E-state index >= 15 is 0 Å². The van der Waals surface area contributed by atoms with E-state index in [0.717, 1.165) is 35.2 Å². The predicted molar refractivity (Wildman–Crippen MR) is 136 cm³/mol. The van der Waals surface area contributed by atoms with Crippen LogP contribution in [-0.4, -0.2) is 64.0 Å². The average molecular weight is 534 g/mol. The molecule has 0 aromatic heterocycles. The number of carbonyl (C=O) groups is 2. The Balaban J connectivity index is 1.66. The van der Waals surface area contributed by atoms with Crippen LogP contribution in [0.1, 0.15) is 42.1 Å². The first-order valence-corrected chi connectivity index (χ1v) is 12.7. The lowest BCUT2D eigenvalue weighted by Gasteiger charge is -2.42. The number of methoxy groups -OCH3 is 2. The van der Waals surface area contributed by atoms with Crippen molar-refractivity contribution in [3.63, 3.8) is 0 Å². The second kappa shape index (κ2) is 11.9. The molecule has 0 bridgehead atoms. The summed E-state index contributed by atoms with van der Waals surface area (Å²) in [5, 5.41) is 0.578. The Labute approximate surface area is 221 Å². The Morgan fingerprint density at radius 2 is 1.59 bits per heavy atom. The Bertz CT molecular complexity index is 1170. The summed E-state index contributed by atoms with van der Waals surface area (Å²) in [5.41, 5.74) is 4.10. The number of hydrogen-bond acceptors (Lipinski definition) is 9. The fourth-order valence-corrected chi connectivity index (χ4v) is 5.22. The van der Waals surface area contributed by atoms with Crippen LogP contribution in [0, 0.1) is 0 Å². The number of benzene rings is 2. The molecule has 9 nitrogen and oxygen atoms in total. The fraction of sp³-hybridized carbons (Fsp3) is 0.481. The third-order valence-corrected chi connectivity index (χ3v) is 6.91. The molecule has 0 N–H and O–H groups in total. The van der Waals surface area contributed by atoms with Crippen LogP contribution < -0.4 is 18.9 Å². The lowest BCUT2D eigenvalue weighted by molar-refractivity contribution is -0.146. The summed E-state index contributed by atoms with van der Waals surface area (Å²) >= 11 is 6.72. The van der Waals surface area contributed by atoms with Crippen LogP contribution in [0.25, 0.3) is 0 Å². The summed E-state index contributed by atoms with van der Waals surface area (Å²) in [6.45, 7) is 5.04. The van der Waals surface area contributed by atoms with Crippen molar-refractivity contribution in [3.05, 3.63) is 45.5 Å². The lowest BCUT2D eigenvalue weighted by Crippen LogP contribution is -2.39. The Hall–Kier alpha value is -3.17. The Morgan fingerprint density at radius 1 is 0.919 bits per heavy atom. The first-order valence-electron chi connectivity index (χ1n) is 12.3. The van der Waals surface area contributed by atoms with E-state index in [2.05, 4.69) is 4.90 Å². The summed E-state index contributed by atoms with van der Waals surface area (Å²) in [7, 11) is 3.12. The highest BCUT2D eigenvalue weighted by Gasteiger charge is 2.36. The maximum absolute atomic E-state index is 12.0. The van der Waals surface area contributed by atoms with Gasteiger partial charge >= 0.3 is 11.9 Å². The highest BCUT2D eigenvalue weighted by atomic mass is 35.5. The van der Waals surface area contributed by atoms with E-state index in [1.807, 2.05) is 12.1 Å². The molecule has 0 saturated carbocycles. The second-order valence-corrected chi connectivity index (χ2v) is 9.08. The quantitative estimate of drug-likeness (QED) is 0.421. The number of fused-ring (bicyclic) bond motifs is 4. The molecular formula is C27H32ClNO8. The van der Waals surface area contributed by atoms with E-state index in [-0.39, 0.29) is 32.5 Å². The Kier molecular flexibility index (Phi) is 8.66. The minimum absolute atomic E-state index is 0.0379. The van der Waals surface area contributed by atoms with E-state index in [1.54, 1.807) is 34.1 Å². The van der Waals surface area contributed by atoms with Gasteiger partial charge in [-0.15, -0.1) is 0 Å². The molecule has 0 radical (unpaired) electrons. The van der Waals surface area contributed by atoms with Crippen molar-refractivity contribution >= 4 is 23.5 Å². The molecule has 4 rings (SSSR count). The van der Waals surface area contributed by atoms with E-state index in [9.17, 15) is 9.59 Å². The topological polar surface area (TPSA) is 92.8 Å². The summed E-state index contributed by atoms with van der Waals surface area (Å²) in [6, 6.07) is 5.69. The first kappa shape index (κ1) is 26.9. The van der Waals surface area contributed by atoms with Gasteiger partial charge in [-0.2, -0.15) is 0 Å². The van der Waals surface area contributed by atoms with Gasteiger partial charge in [0.05, 0.1) is 27.4 Å². The summed E-state index contributed by atoms with van der Waals surface area (Å²) in [6.07, 6.45) is 1.44. The van der Waals surface area contributed by atoms with Gasteiger partial charge in [0.2, 0.25) is 0 Å². The molecule has 10 heteroatoms. The molecule has 2 aromatic carbocycles. The highest BCUT2D eigenvalue weighted by Crippen LogP contribution is 2.48. The number of hydrogen-bond donors (Lipinski definition) is 0. The lowest BCUT2D eigenvalue weighted by atomic mass is 9.83. The van der Waals surface area contributed by atoms with Crippen molar-refractivity contribution in [1.29, 1.82) is 0 Å². The first-order chi connectivity index (χ1) is 17.9. The van der Waals surface area contributed by atoms with Crippen LogP contribution in [-0.2, 0) is 38.4 Å². The molecule has 200 valence electrons. The van der Waals surface area contributed by atoms with E-state index in [4.69, 9.17) is 40.0 Å². The van der Waals surface area contributed by atoms with Gasteiger partial charge in [0.1, 0.15) is 0 Å². The maximum Gasteiger partial charge on any atom is 0.344 e. The molecule has 2 aliphatic rings. The van der Waals surface area contributed by atoms with Gasteiger partial charge in [0, 0.05) is 35.8 Å². The monoisotopic (exact) mass is 533 g/mol. The zero-order chi connectivity index (χ0) is 26.5. The molecule has 0 saturated heterocycles. The molecular weight excluding hydrogens is 502 g/mol. The minimum Gasteiger partial charge on any atom is -0.493 e. The minimum atomic E-state index is -0.446. The normalized spacial score (nSPS) is 16.1. The molecule has 1 atom stereocenters. The number of esters is 2. The highest BCUT2D eigenvalue weighted by molar-refractivity contribution is 6.31.